The summed E-state index contributed by atoms with van der Waals surface area (Å²) in [6.45, 7) is 8.78. The molecule has 0 radical (unpaired) electrons. The van der Waals surface area contributed by atoms with Crippen LogP contribution < -0.4 is 0 Å². The maximum atomic E-state index is 13.2. The Kier molecular flexibility index (Phi) is 4.33. The van der Waals surface area contributed by atoms with E-state index in [-0.39, 0.29) is 5.97 Å². The Balaban J connectivity index is 2.98. The molecule has 19 heavy (non-hydrogen) atoms. The summed E-state index contributed by atoms with van der Waals surface area (Å²) in [7, 11) is 0. The molecule has 0 aliphatic heterocycles. The van der Waals surface area contributed by atoms with E-state index in [1.807, 2.05) is 6.92 Å². The predicted molar refractivity (Wildman–Crippen MR) is 69.5 cm³/mol. The first kappa shape index (κ1) is 15.6. The van der Waals surface area contributed by atoms with Crippen LogP contribution in [0.3, 0.4) is 0 Å². The summed E-state index contributed by atoms with van der Waals surface area (Å²) >= 11 is 0. The molecule has 0 aliphatic rings. The van der Waals surface area contributed by atoms with E-state index in [4.69, 9.17) is 4.74 Å². The van der Waals surface area contributed by atoms with E-state index in [1.165, 1.54) is 6.07 Å². The minimum absolute atomic E-state index is 0.357. The predicted octanol–water partition coefficient (Wildman–Crippen LogP) is 4.18. The minimum atomic E-state index is -1.00. The highest BCUT2D eigenvalue weighted by Crippen LogP contribution is 2.31. The third-order valence-corrected chi connectivity index (χ3v) is 3.40. The van der Waals surface area contributed by atoms with Gasteiger partial charge in [-0.2, -0.15) is 0 Å². The molecule has 0 heterocycles. The fourth-order valence-corrected chi connectivity index (χ4v) is 1.44. The van der Waals surface area contributed by atoms with E-state index in [2.05, 4.69) is 0 Å². The van der Waals surface area contributed by atoms with Crippen LogP contribution in [0, 0.1) is 17.0 Å². The van der Waals surface area contributed by atoms with Crippen molar-refractivity contribution >= 4 is 5.97 Å². The zero-order valence-corrected chi connectivity index (χ0v) is 12.0. The van der Waals surface area contributed by atoms with Crippen LogP contribution in [0.25, 0.3) is 0 Å². The van der Waals surface area contributed by atoms with Crippen molar-refractivity contribution in [1.82, 2.24) is 0 Å². The van der Waals surface area contributed by atoms with E-state index >= 15 is 0 Å². The van der Waals surface area contributed by atoms with Gasteiger partial charge in [-0.1, -0.05) is 13.0 Å². The Morgan fingerprint density at radius 1 is 1.16 bits per heavy atom. The van der Waals surface area contributed by atoms with Crippen LogP contribution >= 0.6 is 0 Å². The molecule has 0 amide bonds. The van der Waals surface area contributed by atoms with Crippen molar-refractivity contribution < 1.29 is 18.3 Å². The van der Waals surface area contributed by atoms with E-state index in [0.717, 1.165) is 12.1 Å². The quantitative estimate of drug-likeness (QED) is 0.767. The van der Waals surface area contributed by atoms with Crippen LogP contribution in [0.15, 0.2) is 18.2 Å². The number of carbonyl (C=O) groups excluding carboxylic acids is 1. The molecule has 0 spiro atoms. The van der Waals surface area contributed by atoms with Gasteiger partial charge in [0.25, 0.3) is 0 Å². The van der Waals surface area contributed by atoms with Gasteiger partial charge in [0.1, 0.15) is 5.60 Å². The van der Waals surface area contributed by atoms with Crippen molar-refractivity contribution in [3.05, 3.63) is 35.4 Å². The highest BCUT2D eigenvalue weighted by molar-refractivity contribution is 5.76. The third-order valence-electron chi connectivity index (χ3n) is 3.40. The van der Waals surface area contributed by atoms with E-state index in [9.17, 15) is 13.6 Å². The van der Waals surface area contributed by atoms with E-state index in [0.29, 0.717) is 12.0 Å². The second-order valence-electron chi connectivity index (χ2n) is 5.77. The monoisotopic (exact) mass is 270 g/mol. The molecule has 4 heteroatoms. The van der Waals surface area contributed by atoms with Gasteiger partial charge in [0.15, 0.2) is 11.6 Å². The summed E-state index contributed by atoms with van der Waals surface area (Å²) in [5.41, 5.74) is -1.18. The Labute approximate surface area is 112 Å². The van der Waals surface area contributed by atoms with Gasteiger partial charge in [-0.3, -0.25) is 4.79 Å². The highest BCUT2D eigenvalue weighted by Gasteiger charge is 2.34. The Hall–Kier alpha value is -1.45. The molecule has 0 saturated carbocycles. The second-order valence-corrected chi connectivity index (χ2v) is 5.77. The molecule has 0 N–H and O–H groups in total. The number of halogens is 2. The van der Waals surface area contributed by atoms with Gasteiger partial charge in [-0.05, 0) is 51.8 Å². The lowest BCUT2D eigenvalue weighted by molar-refractivity contribution is -0.168. The van der Waals surface area contributed by atoms with Crippen LogP contribution in [0.4, 0.5) is 8.78 Å². The maximum Gasteiger partial charge on any atom is 0.312 e. The summed E-state index contributed by atoms with van der Waals surface area (Å²) in [6, 6.07) is 3.51. The number of esters is 1. The summed E-state index contributed by atoms with van der Waals surface area (Å²) in [5, 5.41) is 0. The third kappa shape index (κ3) is 3.52. The largest absolute Gasteiger partial charge is 0.454 e. The number of benzene rings is 1. The molecule has 0 atom stereocenters. The molecule has 1 aromatic rings. The van der Waals surface area contributed by atoms with Gasteiger partial charge in [-0.25, -0.2) is 8.78 Å². The van der Waals surface area contributed by atoms with Gasteiger partial charge in [0.05, 0.1) is 5.41 Å². The van der Waals surface area contributed by atoms with Gasteiger partial charge in [0.2, 0.25) is 0 Å². The smallest absolute Gasteiger partial charge is 0.312 e. The zero-order chi connectivity index (χ0) is 14.8. The summed E-state index contributed by atoms with van der Waals surface area (Å²) in [4.78, 5) is 12.0. The summed E-state index contributed by atoms with van der Waals surface area (Å²) in [5.74, 6) is -2.22. The van der Waals surface area contributed by atoms with Crippen LogP contribution in [0.5, 0.6) is 0 Å². The first-order valence-corrected chi connectivity index (χ1v) is 6.29. The molecule has 0 bridgehead atoms. The van der Waals surface area contributed by atoms with Crippen molar-refractivity contribution in [2.75, 3.05) is 0 Å². The molecule has 106 valence electrons. The van der Waals surface area contributed by atoms with E-state index < -0.39 is 22.7 Å². The number of hydrogen-bond acceptors (Lipinski definition) is 2. The fourth-order valence-electron chi connectivity index (χ4n) is 1.44. The Morgan fingerprint density at radius 2 is 1.74 bits per heavy atom. The molecule has 1 rings (SSSR count). The normalized spacial score (nSPS) is 12.4. The van der Waals surface area contributed by atoms with Crippen LogP contribution in [-0.2, 0) is 15.1 Å². The molecule has 0 unspecified atom stereocenters. The first-order valence-electron chi connectivity index (χ1n) is 6.29. The number of rotatable bonds is 4. The van der Waals surface area contributed by atoms with Crippen molar-refractivity contribution in [3.63, 3.8) is 0 Å². The average molecular weight is 270 g/mol. The van der Waals surface area contributed by atoms with Crippen LogP contribution in [0.1, 0.15) is 46.6 Å². The standard InChI is InChI=1S/C15H20F2O2/c1-6-14(2,3)13(18)19-15(4,5)10-7-8-11(16)12(17)9-10/h7-9H,6H2,1-5H3. The van der Waals surface area contributed by atoms with Crippen molar-refractivity contribution in [2.24, 2.45) is 5.41 Å². The summed E-state index contributed by atoms with van der Waals surface area (Å²) in [6.07, 6.45) is 0.639. The van der Waals surface area contributed by atoms with Gasteiger partial charge in [-0.15, -0.1) is 0 Å². The Morgan fingerprint density at radius 3 is 2.21 bits per heavy atom. The molecule has 0 aromatic heterocycles. The van der Waals surface area contributed by atoms with Gasteiger partial charge >= 0.3 is 5.97 Å². The topological polar surface area (TPSA) is 26.3 Å². The van der Waals surface area contributed by atoms with E-state index in [1.54, 1.807) is 27.7 Å². The molecule has 0 aliphatic carbocycles. The minimum Gasteiger partial charge on any atom is -0.454 e. The maximum absolute atomic E-state index is 13.2. The van der Waals surface area contributed by atoms with Gasteiger partial charge < -0.3 is 4.74 Å². The lowest BCUT2D eigenvalue weighted by Crippen LogP contribution is -2.34. The highest BCUT2D eigenvalue weighted by atomic mass is 19.2. The van der Waals surface area contributed by atoms with Crippen molar-refractivity contribution in [3.8, 4) is 0 Å². The second kappa shape index (κ2) is 5.27. The zero-order valence-electron chi connectivity index (χ0n) is 12.0. The number of carbonyl (C=O) groups is 1. The van der Waals surface area contributed by atoms with Crippen molar-refractivity contribution in [2.45, 2.75) is 46.6 Å². The molecule has 0 saturated heterocycles. The lowest BCUT2D eigenvalue weighted by Gasteiger charge is -2.30. The molecular weight excluding hydrogens is 250 g/mol. The lowest BCUT2D eigenvalue weighted by atomic mass is 9.89. The SMILES string of the molecule is CCC(C)(C)C(=O)OC(C)(C)c1ccc(F)c(F)c1. The van der Waals surface area contributed by atoms with Crippen LogP contribution in [-0.4, -0.2) is 5.97 Å². The molecular formula is C15H20F2O2. The van der Waals surface area contributed by atoms with Crippen molar-refractivity contribution in [1.29, 1.82) is 0 Å². The van der Waals surface area contributed by atoms with Crippen LogP contribution in [0.2, 0.25) is 0 Å². The number of ether oxygens (including phenoxy) is 1. The average Bonchev–Trinajstić information content (AvgIpc) is 2.31. The molecule has 1 aromatic carbocycles. The van der Waals surface area contributed by atoms with Gasteiger partial charge in [0, 0.05) is 0 Å². The Bertz CT molecular complexity index is 479. The first-order chi connectivity index (χ1) is 8.60. The summed E-state index contributed by atoms with van der Waals surface area (Å²) < 4.78 is 31.6. The molecule has 2 nitrogen and oxygen atoms in total. The molecule has 0 fully saturated rings. The fraction of sp³-hybridized carbons (Fsp3) is 0.533. The number of hydrogen-bond donors (Lipinski definition) is 0.